The van der Waals surface area contributed by atoms with E-state index in [0.29, 0.717) is 6.54 Å². The summed E-state index contributed by atoms with van der Waals surface area (Å²) in [6.07, 6.45) is -1.06. The van der Waals surface area contributed by atoms with Gasteiger partial charge in [-0.05, 0) is 35.4 Å². The van der Waals surface area contributed by atoms with Crippen molar-refractivity contribution in [1.82, 2.24) is 4.90 Å². The van der Waals surface area contributed by atoms with E-state index in [-0.39, 0.29) is 25.0 Å². The Morgan fingerprint density at radius 2 is 2.08 bits per heavy atom. The Morgan fingerprint density at radius 1 is 1.28 bits per heavy atom. The zero-order chi connectivity index (χ0) is 18.0. The molecule has 0 aromatic heterocycles. The van der Waals surface area contributed by atoms with E-state index in [1.54, 1.807) is 18.9 Å². The van der Waals surface area contributed by atoms with E-state index < -0.39 is 12.1 Å². The van der Waals surface area contributed by atoms with Crippen molar-refractivity contribution in [3.05, 3.63) is 42.0 Å². The fraction of sp³-hybridized carbons (Fsp3) is 0.368. The van der Waals surface area contributed by atoms with Crippen LogP contribution in [-0.2, 0) is 20.7 Å². The molecule has 1 aliphatic rings. The second-order valence-electron chi connectivity index (χ2n) is 6.25. The molecule has 1 N–H and O–H groups in total. The predicted octanol–water partition coefficient (Wildman–Crippen LogP) is 2.09. The third-order valence-electron chi connectivity index (χ3n) is 4.41. The number of hydrogen-bond donors (Lipinski definition) is 1. The number of aliphatic carboxylic acids is 1. The minimum atomic E-state index is -1.04. The van der Waals surface area contributed by atoms with Crippen LogP contribution in [0.3, 0.4) is 0 Å². The van der Waals surface area contributed by atoms with Crippen molar-refractivity contribution in [2.75, 3.05) is 20.2 Å². The molecule has 0 spiro atoms. The zero-order valence-electron chi connectivity index (χ0n) is 14.3. The topological polar surface area (TPSA) is 76.1 Å². The summed E-state index contributed by atoms with van der Waals surface area (Å²) < 4.78 is 10.6. The Labute approximate surface area is 145 Å². The number of fused-ring (bicyclic) bond motifs is 1. The van der Waals surface area contributed by atoms with Crippen molar-refractivity contribution < 1.29 is 24.2 Å². The molecule has 1 aliphatic heterocycles. The molecule has 2 aromatic carbocycles. The van der Waals surface area contributed by atoms with Gasteiger partial charge in [-0.25, -0.2) is 4.79 Å². The third-order valence-corrected chi connectivity index (χ3v) is 4.41. The Kier molecular flexibility index (Phi) is 4.90. The summed E-state index contributed by atoms with van der Waals surface area (Å²) in [5.74, 6) is -0.408. The summed E-state index contributed by atoms with van der Waals surface area (Å²) >= 11 is 0. The summed E-state index contributed by atoms with van der Waals surface area (Å²) in [4.78, 5) is 25.5. The molecule has 1 amide bonds. The zero-order valence-corrected chi connectivity index (χ0v) is 14.3. The molecule has 25 heavy (non-hydrogen) atoms. The van der Waals surface area contributed by atoms with Crippen molar-refractivity contribution >= 4 is 22.6 Å². The van der Waals surface area contributed by atoms with Gasteiger partial charge in [-0.1, -0.05) is 24.3 Å². The maximum atomic E-state index is 12.7. The first-order valence-corrected chi connectivity index (χ1v) is 8.19. The van der Waals surface area contributed by atoms with Crippen molar-refractivity contribution in [3.63, 3.8) is 0 Å². The van der Waals surface area contributed by atoms with Gasteiger partial charge in [0.1, 0.15) is 5.75 Å². The van der Waals surface area contributed by atoms with Gasteiger partial charge in [0.2, 0.25) is 5.91 Å². The van der Waals surface area contributed by atoms with Crippen molar-refractivity contribution in [2.45, 2.75) is 25.6 Å². The lowest BCUT2D eigenvalue weighted by Crippen LogP contribution is -2.52. The van der Waals surface area contributed by atoms with E-state index in [2.05, 4.69) is 0 Å². The largest absolute Gasteiger partial charge is 0.497 e. The van der Waals surface area contributed by atoms with Gasteiger partial charge in [-0.3, -0.25) is 4.79 Å². The number of nitrogens with zero attached hydrogens (tertiary/aromatic N) is 1. The molecule has 0 radical (unpaired) electrons. The smallest absolute Gasteiger partial charge is 0.334 e. The highest BCUT2D eigenvalue weighted by Crippen LogP contribution is 2.25. The van der Waals surface area contributed by atoms with Crippen molar-refractivity contribution in [1.29, 1.82) is 0 Å². The minimum absolute atomic E-state index is 0.0760. The number of benzene rings is 2. The SMILES string of the molecule is COc1ccc2cccc(CC(=O)N3CC(C(=O)O)O[C@H](C)C3)c2c1. The van der Waals surface area contributed by atoms with Crippen molar-refractivity contribution in [3.8, 4) is 5.75 Å². The molecule has 0 bridgehead atoms. The molecule has 1 saturated heterocycles. The highest BCUT2D eigenvalue weighted by atomic mass is 16.5. The summed E-state index contributed by atoms with van der Waals surface area (Å²) in [6.45, 7) is 2.25. The fourth-order valence-corrected chi connectivity index (χ4v) is 3.16. The maximum absolute atomic E-state index is 12.7. The molecule has 2 atom stereocenters. The summed E-state index contributed by atoms with van der Waals surface area (Å²) in [5, 5.41) is 11.2. The molecule has 1 unspecified atom stereocenters. The molecule has 1 fully saturated rings. The van der Waals surface area contributed by atoms with Crippen LogP contribution in [0, 0.1) is 0 Å². The lowest BCUT2D eigenvalue weighted by Gasteiger charge is -2.35. The van der Waals surface area contributed by atoms with Crippen LogP contribution in [0.4, 0.5) is 0 Å². The van der Waals surface area contributed by atoms with Crippen LogP contribution in [0.25, 0.3) is 10.8 Å². The van der Waals surface area contributed by atoms with E-state index in [4.69, 9.17) is 14.6 Å². The van der Waals surface area contributed by atoms with Crippen LogP contribution >= 0.6 is 0 Å². The Morgan fingerprint density at radius 3 is 2.80 bits per heavy atom. The van der Waals surface area contributed by atoms with Crippen LogP contribution in [0.1, 0.15) is 12.5 Å². The fourth-order valence-electron chi connectivity index (χ4n) is 3.16. The standard InChI is InChI=1S/C19H21NO5/c1-12-10-20(11-17(25-12)19(22)23)18(21)8-14-5-3-4-13-6-7-15(24-2)9-16(13)14/h3-7,9,12,17H,8,10-11H2,1-2H3,(H,22,23)/t12-,17?/m1/s1. The van der Waals surface area contributed by atoms with Gasteiger partial charge in [0, 0.05) is 6.54 Å². The molecule has 0 saturated carbocycles. The van der Waals surface area contributed by atoms with Gasteiger partial charge in [0.05, 0.1) is 26.2 Å². The Balaban J connectivity index is 1.83. The number of carboxylic acids is 1. The number of amides is 1. The second kappa shape index (κ2) is 7.11. The van der Waals surface area contributed by atoms with E-state index >= 15 is 0 Å². The van der Waals surface area contributed by atoms with E-state index in [9.17, 15) is 9.59 Å². The maximum Gasteiger partial charge on any atom is 0.334 e. The lowest BCUT2D eigenvalue weighted by molar-refractivity contribution is -0.166. The van der Waals surface area contributed by atoms with Crippen LogP contribution in [-0.4, -0.2) is 54.3 Å². The Bertz CT molecular complexity index is 804. The number of carbonyl (C=O) groups excluding carboxylic acids is 1. The van der Waals surface area contributed by atoms with E-state index in [0.717, 1.165) is 22.1 Å². The number of rotatable bonds is 4. The van der Waals surface area contributed by atoms with Gasteiger partial charge in [0.25, 0.3) is 0 Å². The normalized spacial score (nSPS) is 20.5. The minimum Gasteiger partial charge on any atom is -0.497 e. The van der Waals surface area contributed by atoms with Crippen LogP contribution < -0.4 is 4.74 Å². The molecular weight excluding hydrogens is 322 g/mol. The van der Waals surface area contributed by atoms with E-state index in [1.165, 1.54) is 0 Å². The first-order valence-electron chi connectivity index (χ1n) is 8.19. The lowest BCUT2D eigenvalue weighted by atomic mass is 10.0. The summed E-state index contributed by atoms with van der Waals surface area (Å²) in [7, 11) is 1.61. The molecule has 6 nitrogen and oxygen atoms in total. The van der Waals surface area contributed by atoms with Gasteiger partial charge < -0.3 is 19.5 Å². The highest BCUT2D eigenvalue weighted by molar-refractivity contribution is 5.91. The molecule has 1 heterocycles. The Hall–Kier alpha value is -2.60. The first kappa shape index (κ1) is 17.2. The molecule has 2 aromatic rings. The molecular formula is C19H21NO5. The number of carbonyl (C=O) groups is 2. The number of ether oxygens (including phenoxy) is 2. The third kappa shape index (κ3) is 3.74. The van der Waals surface area contributed by atoms with E-state index in [1.807, 2.05) is 36.4 Å². The number of methoxy groups -OCH3 is 1. The van der Waals surface area contributed by atoms with Gasteiger partial charge >= 0.3 is 5.97 Å². The molecule has 6 heteroatoms. The summed E-state index contributed by atoms with van der Waals surface area (Å²) in [6, 6.07) is 11.6. The first-order chi connectivity index (χ1) is 12.0. The van der Waals surface area contributed by atoms with Crippen molar-refractivity contribution in [2.24, 2.45) is 0 Å². The van der Waals surface area contributed by atoms with Crippen LogP contribution in [0.2, 0.25) is 0 Å². The number of morpholine rings is 1. The van der Waals surface area contributed by atoms with Gasteiger partial charge in [-0.15, -0.1) is 0 Å². The number of carboxylic acid groups (broad SMARTS) is 1. The van der Waals surface area contributed by atoms with Gasteiger partial charge in [0.15, 0.2) is 6.10 Å². The molecule has 3 rings (SSSR count). The average Bonchev–Trinajstić information content (AvgIpc) is 2.61. The predicted molar refractivity (Wildman–Crippen MR) is 92.8 cm³/mol. The van der Waals surface area contributed by atoms with Crippen LogP contribution in [0.15, 0.2) is 36.4 Å². The van der Waals surface area contributed by atoms with Crippen LogP contribution in [0.5, 0.6) is 5.75 Å². The molecule has 0 aliphatic carbocycles. The average molecular weight is 343 g/mol. The second-order valence-corrected chi connectivity index (χ2v) is 6.25. The van der Waals surface area contributed by atoms with Gasteiger partial charge in [-0.2, -0.15) is 0 Å². The quantitative estimate of drug-likeness (QED) is 0.920. The molecule has 132 valence electrons. The monoisotopic (exact) mass is 343 g/mol. The summed E-state index contributed by atoms with van der Waals surface area (Å²) in [5.41, 5.74) is 0.896. The highest BCUT2D eigenvalue weighted by Gasteiger charge is 2.32. The number of hydrogen-bond acceptors (Lipinski definition) is 4.